The Morgan fingerprint density at radius 2 is 2.00 bits per heavy atom. The Morgan fingerprint density at radius 3 is 2.00 bits per heavy atom. The second-order valence-electron chi connectivity index (χ2n) is 0.470. The van der Waals surface area contributed by atoms with Crippen molar-refractivity contribution < 1.29 is 30.2 Å². The van der Waals surface area contributed by atoms with Crippen LogP contribution in [0.2, 0.25) is 0 Å². The van der Waals surface area contributed by atoms with E-state index >= 15 is 0 Å². The van der Waals surface area contributed by atoms with Crippen LogP contribution in [0.3, 0.4) is 0 Å². The van der Waals surface area contributed by atoms with Crippen LogP contribution in [-0.2, 0) is 20.3 Å². The molecular formula is CH3AlNiO3. The van der Waals surface area contributed by atoms with Gasteiger partial charge in [0, 0.05) is 16.5 Å². The van der Waals surface area contributed by atoms with Gasteiger partial charge in [-0.05, 0) is 0 Å². The molecule has 0 aliphatic rings. The molecule has 0 saturated heterocycles. The number of rotatable bonds is 0. The monoisotopic (exact) mass is 148 g/mol. The Bertz CT molecular complexity index is 46.1. The van der Waals surface area contributed by atoms with E-state index in [4.69, 9.17) is 5.11 Å². The van der Waals surface area contributed by atoms with Gasteiger partial charge in [-0.25, -0.2) is 4.79 Å². The van der Waals surface area contributed by atoms with E-state index in [1.807, 2.05) is 0 Å². The van der Waals surface area contributed by atoms with Gasteiger partial charge in [-0.1, -0.05) is 0 Å². The van der Waals surface area contributed by atoms with Crippen molar-refractivity contribution in [3.8, 4) is 0 Å². The van der Waals surface area contributed by atoms with Crippen molar-refractivity contribution in [3.05, 3.63) is 0 Å². The second kappa shape index (κ2) is 5.30. The average molecular weight is 149 g/mol. The summed E-state index contributed by atoms with van der Waals surface area (Å²) in [5.41, 5.74) is 0. The molecule has 0 fully saturated rings. The fourth-order valence-electron chi connectivity index (χ4n) is 0. The van der Waals surface area contributed by atoms with Gasteiger partial charge < -0.3 is 8.90 Å². The zero-order valence-electron chi connectivity index (χ0n) is 3.08. The topological polar surface area (TPSA) is 46.5 Å². The smallest absolute Gasteiger partial charge is 0.504 e. The first-order chi connectivity index (χ1) is 2.27. The molecule has 6 heavy (non-hydrogen) atoms. The molecule has 0 saturated carbocycles. The van der Waals surface area contributed by atoms with E-state index in [-0.39, 0.29) is 33.1 Å². The van der Waals surface area contributed by atoms with Crippen LogP contribution in [-0.4, -0.2) is 27.9 Å². The van der Waals surface area contributed by atoms with Gasteiger partial charge in [0.2, 0.25) is 0 Å². The van der Waals surface area contributed by atoms with E-state index in [1.54, 1.807) is 0 Å². The predicted octanol–water partition coefficient (Wildman–Crippen LogP) is -0.773. The zero-order chi connectivity index (χ0) is 4.28. The van der Waals surface area contributed by atoms with Crippen molar-refractivity contribution in [2.45, 2.75) is 0 Å². The molecule has 0 aromatic heterocycles. The molecule has 0 aromatic rings. The van der Waals surface area contributed by atoms with Gasteiger partial charge in [0.25, 0.3) is 0 Å². The summed E-state index contributed by atoms with van der Waals surface area (Å²) in [6.07, 6.45) is -1.18. The molecule has 0 heterocycles. The maximum absolute atomic E-state index is 9.18. The minimum atomic E-state index is -1.18. The van der Waals surface area contributed by atoms with Crippen LogP contribution in [0.25, 0.3) is 0 Å². The first-order valence-corrected chi connectivity index (χ1v) is 1.86. The average Bonchev–Trinajstić information content (AvgIpc) is 1.38. The maximum atomic E-state index is 9.18. The third-order valence-corrected chi connectivity index (χ3v) is 0.524. The van der Waals surface area contributed by atoms with Gasteiger partial charge in [0.15, 0.2) is 0 Å². The molecule has 0 spiro atoms. The summed E-state index contributed by atoms with van der Waals surface area (Å²) < 4.78 is 3.81. The van der Waals surface area contributed by atoms with Crippen molar-refractivity contribution in [1.82, 2.24) is 0 Å². The van der Waals surface area contributed by atoms with Crippen LogP contribution >= 0.6 is 0 Å². The molecule has 0 unspecified atom stereocenters. The van der Waals surface area contributed by atoms with Crippen molar-refractivity contribution in [3.63, 3.8) is 0 Å². The molecule has 0 bridgehead atoms. The van der Waals surface area contributed by atoms with E-state index in [0.717, 1.165) is 0 Å². The molecule has 38 valence electrons. The Hall–Kier alpha value is 0.296. The zero-order valence-corrected chi connectivity index (χ0v) is 6.07. The van der Waals surface area contributed by atoms with Gasteiger partial charge in [-0.15, -0.1) is 0 Å². The molecule has 5 heteroatoms. The standard InChI is InChI=1S/CH2O3.Al.Ni.2H/c2-1(3)4;;;;/h(H2,2,3,4);;;;/q;+1;;;/p-1. The van der Waals surface area contributed by atoms with Crippen molar-refractivity contribution >= 4 is 22.8 Å². The van der Waals surface area contributed by atoms with Crippen molar-refractivity contribution in [1.29, 1.82) is 0 Å². The summed E-state index contributed by atoms with van der Waals surface area (Å²) in [6.45, 7) is 0. The summed E-state index contributed by atoms with van der Waals surface area (Å²) in [7, 11) is 0. The third-order valence-electron chi connectivity index (χ3n) is 0.175. The Balaban J connectivity index is 0. The van der Waals surface area contributed by atoms with Crippen LogP contribution in [0, 0.1) is 0 Å². The number of carboxylic acid groups (broad SMARTS) is 1. The van der Waals surface area contributed by atoms with Gasteiger partial charge in [-0.2, -0.15) is 0 Å². The van der Waals surface area contributed by atoms with E-state index in [0.29, 0.717) is 0 Å². The van der Waals surface area contributed by atoms with Crippen LogP contribution < -0.4 is 0 Å². The predicted molar refractivity (Wildman–Crippen MR) is 17.7 cm³/mol. The molecule has 0 rings (SSSR count). The summed E-state index contributed by atoms with van der Waals surface area (Å²) in [4.78, 5) is 9.18. The van der Waals surface area contributed by atoms with Gasteiger partial charge in [0.05, 0.1) is 0 Å². The van der Waals surface area contributed by atoms with Gasteiger partial charge in [0.1, 0.15) is 0 Å². The van der Waals surface area contributed by atoms with Crippen molar-refractivity contribution in [2.75, 3.05) is 0 Å². The molecule has 0 radical (unpaired) electrons. The Morgan fingerprint density at radius 1 is 1.83 bits per heavy atom. The Kier molecular flexibility index (Phi) is 8.45. The fraction of sp³-hybridized carbons (Fsp3) is 0. The summed E-state index contributed by atoms with van der Waals surface area (Å²) in [5, 5.41) is 7.53. The molecule has 0 aliphatic carbocycles. The van der Waals surface area contributed by atoms with Crippen molar-refractivity contribution in [2.24, 2.45) is 0 Å². The first-order valence-electron chi connectivity index (χ1n) is 1.04. The van der Waals surface area contributed by atoms with E-state index in [9.17, 15) is 4.79 Å². The largest absolute Gasteiger partial charge is 0.591 e. The molecule has 3 nitrogen and oxygen atoms in total. The van der Waals surface area contributed by atoms with Gasteiger partial charge in [-0.3, -0.25) is 0 Å². The minimum Gasteiger partial charge on any atom is -0.591 e. The SMILES string of the molecule is O=C(O)[O][AlH2].[Ni]. The van der Waals surface area contributed by atoms with Crippen LogP contribution in [0.15, 0.2) is 0 Å². The summed E-state index contributed by atoms with van der Waals surface area (Å²) in [5.74, 6) is 0. The first kappa shape index (κ1) is 9.57. The number of carbonyl (C=O) groups is 1. The summed E-state index contributed by atoms with van der Waals surface area (Å²) >= 11 is 0.274. The van der Waals surface area contributed by atoms with E-state index < -0.39 is 6.16 Å². The summed E-state index contributed by atoms with van der Waals surface area (Å²) in [6, 6.07) is 0. The number of hydrogen-bond donors (Lipinski definition) is 1. The molecule has 0 aliphatic heterocycles. The van der Waals surface area contributed by atoms with Crippen LogP contribution in [0.5, 0.6) is 0 Å². The van der Waals surface area contributed by atoms with Crippen LogP contribution in [0.1, 0.15) is 0 Å². The number of hydrogen-bond acceptors (Lipinski definition) is 2. The molecular weight excluding hydrogens is 146 g/mol. The normalized spacial score (nSPS) is 5.33. The molecule has 0 atom stereocenters. The maximum Gasteiger partial charge on any atom is 0.504 e. The molecule has 0 amide bonds. The van der Waals surface area contributed by atoms with Gasteiger partial charge >= 0.3 is 22.8 Å². The van der Waals surface area contributed by atoms with E-state index in [2.05, 4.69) is 3.79 Å². The van der Waals surface area contributed by atoms with Crippen LogP contribution in [0.4, 0.5) is 4.79 Å². The fourth-order valence-corrected chi connectivity index (χ4v) is 0. The molecule has 1 N–H and O–H groups in total. The minimum absolute atomic E-state index is 0. The third kappa shape index (κ3) is 8.85. The quantitative estimate of drug-likeness (QED) is 0.459. The Labute approximate surface area is 53.4 Å². The molecule has 0 aromatic carbocycles. The van der Waals surface area contributed by atoms with E-state index in [1.165, 1.54) is 0 Å². The second-order valence-corrected chi connectivity index (χ2v) is 0.878.